The van der Waals surface area contributed by atoms with Gasteiger partial charge in [-0.2, -0.15) is 9.57 Å². The number of benzene rings is 3. The standard InChI is InChI=1S/C26H25N3O4S/c1-33-24-4-2-3-5-25(24)34(31,32)29-13-12-20-23(16-30)28-22-11-10-19(14-21(22)26(20)29)18-8-6-17(15-27)7-9-18/h2-11,14,20,23,26,28,30H,12-13,16H2,1H3/t20-,23-,26-/m1/s1. The molecule has 0 aromatic heterocycles. The van der Waals surface area contributed by atoms with E-state index in [2.05, 4.69) is 11.4 Å². The van der Waals surface area contributed by atoms with Crippen molar-refractivity contribution >= 4 is 15.7 Å². The van der Waals surface area contributed by atoms with Gasteiger partial charge in [-0.05, 0) is 59.5 Å². The highest BCUT2D eigenvalue weighted by atomic mass is 32.2. The van der Waals surface area contributed by atoms with Crippen LogP contribution in [0.5, 0.6) is 5.75 Å². The first kappa shape index (κ1) is 22.4. The smallest absolute Gasteiger partial charge is 0.247 e. The summed E-state index contributed by atoms with van der Waals surface area (Å²) in [4.78, 5) is 0.141. The summed E-state index contributed by atoms with van der Waals surface area (Å²) in [5.74, 6) is 0.239. The number of ether oxygens (including phenoxy) is 1. The molecule has 0 aliphatic carbocycles. The van der Waals surface area contributed by atoms with Crippen molar-refractivity contribution in [3.63, 3.8) is 0 Å². The first-order chi connectivity index (χ1) is 16.5. The molecular weight excluding hydrogens is 450 g/mol. The van der Waals surface area contributed by atoms with Crippen molar-refractivity contribution in [1.82, 2.24) is 4.31 Å². The molecule has 1 saturated heterocycles. The Kier molecular flexibility index (Phi) is 5.78. The quantitative estimate of drug-likeness (QED) is 0.582. The summed E-state index contributed by atoms with van der Waals surface area (Å²) in [5, 5.41) is 22.6. The molecule has 0 amide bonds. The summed E-state index contributed by atoms with van der Waals surface area (Å²) >= 11 is 0. The van der Waals surface area contributed by atoms with E-state index in [-0.39, 0.29) is 23.5 Å². The molecule has 3 atom stereocenters. The number of fused-ring (bicyclic) bond motifs is 3. The third-order valence-electron chi connectivity index (χ3n) is 6.83. The topological polar surface area (TPSA) is 103 Å². The number of sulfonamides is 1. The number of nitriles is 1. The van der Waals surface area contributed by atoms with E-state index in [9.17, 15) is 13.5 Å². The number of para-hydroxylation sites is 1. The lowest BCUT2D eigenvalue weighted by Crippen LogP contribution is -2.42. The zero-order valence-electron chi connectivity index (χ0n) is 18.7. The number of aliphatic hydroxyl groups is 1. The van der Waals surface area contributed by atoms with Crippen molar-refractivity contribution in [3.8, 4) is 22.9 Å². The normalized spacial score (nSPS) is 21.7. The van der Waals surface area contributed by atoms with Gasteiger partial charge in [0, 0.05) is 18.2 Å². The number of rotatable bonds is 5. The molecule has 2 aliphatic heterocycles. The fourth-order valence-corrected chi connectivity index (χ4v) is 6.99. The summed E-state index contributed by atoms with van der Waals surface area (Å²) in [6.07, 6.45) is 0.637. The molecule has 5 rings (SSSR count). The van der Waals surface area contributed by atoms with Crippen molar-refractivity contribution in [2.24, 2.45) is 5.92 Å². The molecule has 0 unspecified atom stereocenters. The predicted molar refractivity (Wildman–Crippen MR) is 129 cm³/mol. The SMILES string of the molecule is COc1ccccc1S(=O)(=O)N1CC[C@@H]2[C@@H](CO)Nc3ccc(-c4ccc(C#N)cc4)cc3[C@@H]21. The van der Waals surface area contributed by atoms with E-state index in [0.717, 1.165) is 22.4 Å². The van der Waals surface area contributed by atoms with E-state index in [0.29, 0.717) is 24.3 Å². The van der Waals surface area contributed by atoms with E-state index >= 15 is 0 Å². The van der Waals surface area contributed by atoms with Crippen molar-refractivity contribution in [2.45, 2.75) is 23.4 Å². The van der Waals surface area contributed by atoms with Gasteiger partial charge in [-0.25, -0.2) is 8.42 Å². The van der Waals surface area contributed by atoms with Crippen LogP contribution in [-0.4, -0.2) is 44.1 Å². The third-order valence-corrected chi connectivity index (χ3v) is 8.75. The molecule has 0 spiro atoms. The monoisotopic (exact) mass is 475 g/mol. The third kappa shape index (κ3) is 3.62. The molecule has 3 aromatic carbocycles. The molecule has 0 radical (unpaired) electrons. The lowest BCUT2D eigenvalue weighted by Gasteiger charge is -2.39. The van der Waals surface area contributed by atoms with Crippen LogP contribution in [-0.2, 0) is 10.0 Å². The summed E-state index contributed by atoms with van der Waals surface area (Å²) < 4.78 is 34.6. The Labute approximate surface area is 199 Å². The Morgan fingerprint density at radius 3 is 2.56 bits per heavy atom. The van der Waals surface area contributed by atoms with E-state index in [1.54, 1.807) is 40.7 Å². The molecule has 3 aromatic rings. The Balaban J connectivity index is 1.61. The second-order valence-corrected chi connectivity index (χ2v) is 10.4. The van der Waals surface area contributed by atoms with Crippen LogP contribution >= 0.6 is 0 Å². The van der Waals surface area contributed by atoms with Gasteiger partial charge < -0.3 is 15.2 Å². The Bertz CT molecular complexity index is 1370. The molecule has 2 heterocycles. The van der Waals surface area contributed by atoms with Gasteiger partial charge in [0.15, 0.2) is 0 Å². The minimum absolute atomic E-state index is 0.0711. The second kappa shape index (κ2) is 8.76. The average molecular weight is 476 g/mol. The van der Waals surface area contributed by atoms with Crippen molar-refractivity contribution in [1.29, 1.82) is 5.26 Å². The van der Waals surface area contributed by atoms with E-state index < -0.39 is 16.1 Å². The van der Waals surface area contributed by atoms with Crippen LogP contribution in [0, 0.1) is 17.2 Å². The molecule has 7 nitrogen and oxygen atoms in total. The predicted octanol–water partition coefficient (Wildman–Crippen LogP) is 3.77. The molecule has 2 aliphatic rings. The van der Waals surface area contributed by atoms with Gasteiger partial charge in [-0.3, -0.25) is 0 Å². The Morgan fingerprint density at radius 2 is 1.85 bits per heavy atom. The first-order valence-electron chi connectivity index (χ1n) is 11.1. The number of hydrogen-bond donors (Lipinski definition) is 2. The number of nitrogens with zero attached hydrogens (tertiary/aromatic N) is 2. The summed E-state index contributed by atoms with van der Waals surface area (Å²) in [6.45, 7) is 0.273. The number of nitrogens with one attached hydrogen (secondary N) is 1. The van der Waals surface area contributed by atoms with Gasteiger partial charge in [0.2, 0.25) is 10.0 Å². The van der Waals surface area contributed by atoms with Crippen LogP contribution in [0.25, 0.3) is 11.1 Å². The van der Waals surface area contributed by atoms with Crippen LogP contribution in [0.2, 0.25) is 0 Å². The van der Waals surface area contributed by atoms with Gasteiger partial charge in [0.1, 0.15) is 10.6 Å². The highest BCUT2D eigenvalue weighted by molar-refractivity contribution is 7.89. The molecular formula is C26H25N3O4S. The van der Waals surface area contributed by atoms with E-state index in [4.69, 9.17) is 10.00 Å². The van der Waals surface area contributed by atoms with Crippen LogP contribution in [0.4, 0.5) is 5.69 Å². The Hall–Kier alpha value is -3.38. The molecule has 0 saturated carbocycles. The van der Waals surface area contributed by atoms with Crippen LogP contribution in [0.3, 0.4) is 0 Å². The Morgan fingerprint density at radius 1 is 1.12 bits per heavy atom. The zero-order chi connectivity index (χ0) is 23.9. The maximum atomic E-state index is 13.8. The number of hydrogen-bond acceptors (Lipinski definition) is 6. The minimum Gasteiger partial charge on any atom is -0.495 e. The van der Waals surface area contributed by atoms with Crippen molar-refractivity contribution in [2.75, 3.05) is 25.6 Å². The largest absolute Gasteiger partial charge is 0.495 e. The molecule has 34 heavy (non-hydrogen) atoms. The van der Waals surface area contributed by atoms with Gasteiger partial charge in [0.05, 0.1) is 37.4 Å². The summed E-state index contributed by atoms with van der Waals surface area (Å²) in [5.41, 5.74) is 4.17. The molecule has 1 fully saturated rings. The second-order valence-electron chi connectivity index (χ2n) is 8.59. The lowest BCUT2D eigenvalue weighted by atomic mass is 9.82. The van der Waals surface area contributed by atoms with Gasteiger partial charge >= 0.3 is 0 Å². The maximum absolute atomic E-state index is 13.8. The fraction of sp³-hybridized carbons (Fsp3) is 0.269. The average Bonchev–Trinajstić information content (AvgIpc) is 3.34. The zero-order valence-corrected chi connectivity index (χ0v) is 19.5. The summed E-state index contributed by atoms with van der Waals surface area (Å²) in [7, 11) is -2.38. The van der Waals surface area contributed by atoms with Gasteiger partial charge in [-0.1, -0.05) is 30.3 Å². The fourth-order valence-electron chi connectivity index (χ4n) is 5.17. The van der Waals surface area contributed by atoms with E-state index in [1.165, 1.54) is 7.11 Å². The van der Waals surface area contributed by atoms with Gasteiger partial charge in [0.25, 0.3) is 0 Å². The van der Waals surface area contributed by atoms with Crippen molar-refractivity contribution in [3.05, 3.63) is 77.9 Å². The highest BCUT2D eigenvalue weighted by Crippen LogP contribution is 2.49. The number of methoxy groups -OCH3 is 1. The number of aliphatic hydroxyl groups excluding tert-OH is 1. The molecule has 2 N–H and O–H groups in total. The van der Waals surface area contributed by atoms with Crippen LogP contribution in [0.1, 0.15) is 23.6 Å². The molecule has 0 bridgehead atoms. The molecule has 174 valence electrons. The lowest BCUT2D eigenvalue weighted by molar-refractivity contribution is 0.210. The minimum atomic E-state index is -3.85. The van der Waals surface area contributed by atoms with Crippen LogP contribution in [0.15, 0.2) is 71.6 Å². The van der Waals surface area contributed by atoms with Gasteiger partial charge in [-0.15, -0.1) is 0 Å². The highest BCUT2D eigenvalue weighted by Gasteiger charge is 2.49. The first-order valence-corrected chi connectivity index (χ1v) is 12.6. The molecule has 8 heteroatoms. The van der Waals surface area contributed by atoms with Crippen molar-refractivity contribution < 1.29 is 18.3 Å². The summed E-state index contributed by atoms with van der Waals surface area (Å²) in [6, 6.07) is 21.4. The number of anilines is 1. The van der Waals surface area contributed by atoms with E-state index in [1.807, 2.05) is 30.3 Å². The van der Waals surface area contributed by atoms with Crippen LogP contribution < -0.4 is 10.1 Å². The maximum Gasteiger partial charge on any atom is 0.247 e.